The molecule has 2 aromatic carbocycles. The molecule has 4 rings (SSSR count). The summed E-state index contributed by atoms with van der Waals surface area (Å²) in [7, 11) is 1.78. The van der Waals surface area contributed by atoms with Crippen LogP contribution in [-0.2, 0) is 12.8 Å². The molecule has 0 unspecified atom stereocenters. The molecule has 27 heavy (non-hydrogen) atoms. The lowest BCUT2D eigenvalue weighted by Crippen LogP contribution is -1.96. The first kappa shape index (κ1) is 17.7. The van der Waals surface area contributed by atoms with Crippen molar-refractivity contribution in [2.24, 2.45) is 7.05 Å². The van der Waals surface area contributed by atoms with Crippen molar-refractivity contribution >= 4 is 23.4 Å². The third-order valence-corrected chi connectivity index (χ3v) is 5.19. The lowest BCUT2D eigenvalue weighted by atomic mass is 10.2. The summed E-state index contributed by atoms with van der Waals surface area (Å²) in [6.45, 7) is 0. The SMILES string of the molecule is Cn1c(SCc2nc(-c3ccccc3Cl)no2)nnc1-c1ccccc1F. The lowest BCUT2D eigenvalue weighted by molar-refractivity contribution is 0.391. The molecular formula is C18H13ClFN5OS. The second kappa shape index (κ2) is 7.50. The Balaban J connectivity index is 1.51. The molecule has 0 amide bonds. The quantitative estimate of drug-likeness (QED) is 0.454. The van der Waals surface area contributed by atoms with E-state index >= 15 is 0 Å². The van der Waals surface area contributed by atoms with Gasteiger partial charge in [-0.2, -0.15) is 4.98 Å². The fourth-order valence-electron chi connectivity index (χ4n) is 2.51. The first-order valence-electron chi connectivity index (χ1n) is 7.98. The van der Waals surface area contributed by atoms with Crippen LogP contribution in [0.3, 0.4) is 0 Å². The van der Waals surface area contributed by atoms with Gasteiger partial charge in [0.25, 0.3) is 0 Å². The van der Waals surface area contributed by atoms with Gasteiger partial charge in [0.15, 0.2) is 11.0 Å². The van der Waals surface area contributed by atoms with Crippen molar-refractivity contribution in [3.8, 4) is 22.8 Å². The van der Waals surface area contributed by atoms with Gasteiger partial charge >= 0.3 is 0 Å². The summed E-state index contributed by atoms with van der Waals surface area (Å²) in [5.41, 5.74) is 1.11. The minimum Gasteiger partial charge on any atom is -0.338 e. The molecule has 0 bridgehead atoms. The number of benzene rings is 2. The zero-order valence-corrected chi connectivity index (χ0v) is 15.7. The van der Waals surface area contributed by atoms with Gasteiger partial charge in [0.1, 0.15) is 5.82 Å². The van der Waals surface area contributed by atoms with E-state index in [1.165, 1.54) is 17.8 Å². The number of aromatic nitrogens is 5. The fourth-order valence-corrected chi connectivity index (χ4v) is 3.48. The zero-order chi connectivity index (χ0) is 18.8. The van der Waals surface area contributed by atoms with E-state index in [1.807, 2.05) is 18.2 Å². The van der Waals surface area contributed by atoms with Gasteiger partial charge in [-0.05, 0) is 24.3 Å². The third kappa shape index (κ3) is 3.58. The molecule has 0 atom stereocenters. The van der Waals surface area contributed by atoms with E-state index in [9.17, 15) is 4.39 Å². The Hall–Kier alpha value is -2.71. The van der Waals surface area contributed by atoms with Gasteiger partial charge < -0.3 is 9.09 Å². The predicted octanol–water partition coefficient (Wildman–Crippen LogP) is 4.62. The molecule has 4 aromatic rings. The van der Waals surface area contributed by atoms with Crippen LogP contribution in [0.1, 0.15) is 5.89 Å². The lowest BCUT2D eigenvalue weighted by Gasteiger charge is -2.03. The highest BCUT2D eigenvalue weighted by atomic mass is 35.5. The molecule has 0 fully saturated rings. The monoisotopic (exact) mass is 401 g/mol. The van der Waals surface area contributed by atoms with E-state index in [0.717, 1.165) is 0 Å². The van der Waals surface area contributed by atoms with Crippen molar-refractivity contribution in [2.75, 3.05) is 0 Å². The average molecular weight is 402 g/mol. The molecule has 0 aliphatic heterocycles. The Kier molecular flexibility index (Phi) is 4.91. The van der Waals surface area contributed by atoms with Gasteiger partial charge in [0.05, 0.1) is 16.3 Å². The standard InChI is InChI=1S/C18H13ClFN5OS/c1-25-17(12-7-3-5-9-14(12)20)22-23-18(25)27-10-15-21-16(24-26-15)11-6-2-4-8-13(11)19/h2-9H,10H2,1H3. The molecule has 9 heteroatoms. The second-order valence-electron chi connectivity index (χ2n) is 5.63. The minimum absolute atomic E-state index is 0.342. The van der Waals surface area contributed by atoms with Crippen molar-refractivity contribution in [1.82, 2.24) is 24.9 Å². The largest absolute Gasteiger partial charge is 0.338 e. The minimum atomic E-state index is -0.342. The highest BCUT2D eigenvalue weighted by Gasteiger charge is 2.16. The normalized spacial score (nSPS) is 11.1. The van der Waals surface area contributed by atoms with E-state index in [4.69, 9.17) is 16.1 Å². The van der Waals surface area contributed by atoms with E-state index in [0.29, 0.717) is 44.6 Å². The molecule has 0 saturated carbocycles. The first-order valence-corrected chi connectivity index (χ1v) is 9.34. The summed E-state index contributed by atoms with van der Waals surface area (Å²) in [6.07, 6.45) is 0. The number of halogens is 2. The molecule has 6 nitrogen and oxygen atoms in total. The molecule has 0 spiro atoms. The van der Waals surface area contributed by atoms with Crippen LogP contribution in [0.15, 0.2) is 58.2 Å². The van der Waals surface area contributed by atoms with E-state index in [1.54, 1.807) is 35.9 Å². The van der Waals surface area contributed by atoms with Crippen LogP contribution in [0.5, 0.6) is 0 Å². The molecule has 0 N–H and O–H groups in total. The van der Waals surface area contributed by atoms with Crippen molar-refractivity contribution in [3.05, 3.63) is 65.3 Å². The van der Waals surface area contributed by atoms with Gasteiger partial charge in [-0.25, -0.2) is 4.39 Å². The average Bonchev–Trinajstić information content (AvgIpc) is 3.28. The van der Waals surface area contributed by atoms with Crippen molar-refractivity contribution in [2.45, 2.75) is 10.9 Å². The van der Waals surface area contributed by atoms with Crippen molar-refractivity contribution < 1.29 is 8.91 Å². The predicted molar refractivity (Wildman–Crippen MR) is 101 cm³/mol. The first-order chi connectivity index (χ1) is 13.1. The van der Waals surface area contributed by atoms with Crippen LogP contribution in [0.4, 0.5) is 4.39 Å². The zero-order valence-electron chi connectivity index (χ0n) is 14.1. The molecule has 136 valence electrons. The molecule has 2 heterocycles. The van der Waals surface area contributed by atoms with Gasteiger partial charge in [-0.1, -0.05) is 52.8 Å². The number of rotatable bonds is 5. The van der Waals surface area contributed by atoms with Crippen molar-refractivity contribution in [1.29, 1.82) is 0 Å². The maximum absolute atomic E-state index is 14.0. The Morgan fingerprint density at radius 3 is 2.59 bits per heavy atom. The number of nitrogens with zero attached hydrogens (tertiary/aromatic N) is 5. The van der Waals surface area contributed by atoms with Gasteiger partial charge in [-0.15, -0.1) is 10.2 Å². The fraction of sp³-hybridized carbons (Fsp3) is 0.111. The topological polar surface area (TPSA) is 69.6 Å². The van der Waals surface area contributed by atoms with Gasteiger partial charge in [0, 0.05) is 12.6 Å². The summed E-state index contributed by atoms with van der Waals surface area (Å²) in [6, 6.07) is 13.7. The van der Waals surface area contributed by atoms with E-state index in [2.05, 4.69) is 20.3 Å². The maximum Gasteiger partial charge on any atom is 0.237 e. The van der Waals surface area contributed by atoms with Crippen molar-refractivity contribution in [3.63, 3.8) is 0 Å². The summed E-state index contributed by atoms with van der Waals surface area (Å²) >= 11 is 7.53. The molecule has 0 aliphatic carbocycles. The van der Waals surface area contributed by atoms with Crippen LogP contribution in [0.25, 0.3) is 22.8 Å². The number of hydrogen-bond donors (Lipinski definition) is 0. The Bertz CT molecular complexity index is 1100. The summed E-state index contributed by atoms with van der Waals surface area (Å²) < 4.78 is 21.0. The second-order valence-corrected chi connectivity index (χ2v) is 6.97. The summed E-state index contributed by atoms with van der Waals surface area (Å²) in [5.74, 6) is 1.39. The Labute approximate surface area is 163 Å². The Morgan fingerprint density at radius 1 is 1.07 bits per heavy atom. The molecule has 0 aliphatic rings. The Morgan fingerprint density at radius 2 is 1.81 bits per heavy atom. The summed E-state index contributed by atoms with van der Waals surface area (Å²) in [4.78, 5) is 4.36. The van der Waals surface area contributed by atoms with Crippen LogP contribution in [0, 0.1) is 5.82 Å². The molecule has 2 aromatic heterocycles. The third-order valence-electron chi connectivity index (χ3n) is 3.86. The van der Waals surface area contributed by atoms with Gasteiger partial charge in [0.2, 0.25) is 11.7 Å². The number of thioether (sulfide) groups is 1. The van der Waals surface area contributed by atoms with Gasteiger partial charge in [-0.3, -0.25) is 0 Å². The van der Waals surface area contributed by atoms with E-state index < -0.39 is 0 Å². The summed E-state index contributed by atoms with van der Waals surface area (Å²) in [5, 5.41) is 13.4. The molecule has 0 saturated heterocycles. The maximum atomic E-state index is 14.0. The highest BCUT2D eigenvalue weighted by molar-refractivity contribution is 7.98. The van der Waals surface area contributed by atoms with Crippen LogP contribution in [0.2, 0.25) is 5.02 Å². The van der Waals surface area contributed by atoms with E-state index in [-0.39, 0.29) is 5.82 Å². The van der Waals surface area contributed by atoms with Crippen LogP contribution < -0.4 is 0 Å². The van der Waals surface area contributed by atoms with Crippen LogP contribution >= 0.6 is 23.4 Å². The number of hydrogen-bond acceptors (Lipinski definition) is 6. The molecule has 0 radical (unpaired) electrons. The smallest absolute Gasteiger partial charge is 0.237 e. The molecular weight excluding hydrogens is 389 g/mol. The van der Waals surface area contributed by atoms with Crippen LogP contribution in [-0.4, -0.2) is 24.9 Å². The highest BCUT2D eigenvalue weighted by Crippen LogP contribution is 2.28.